The van der Waals surface area contributed by atoms with Crippen LogP contribution in [0.4, 0.5) is 0 Å². The fourth-order valence-corrected chi connectivity index (χ4v) is 3.54. The molecule has 0 radical (unpaired) electrons. The Balaban J connectivity index is 0.00000243. The largest absolute Gasteiger partial charge is 0.496 e. The summed E-state index contributed by atoms with van der Waals surface area (Å²) < 4.78 is 5.41. The van der Waals surface area contributed by atoms with Crippen LogP contribution in [0, 0.1) is 0 Å². The van der Waals surface area contributed by atoms with Gasteiger partial charge in [0.2, 0.25) is 0 Å². The third-order valence-electron chi connectivity index (χ3n) is 4.93. The molecule has 0 unspecified atom stereocenters. The standard InChI is InChI=1S/C19H29ClN4O.HI/c1-3-21-19(22-13-14-4-5-15(20)12-18(14)25-2)23-16-8-10-24(11-9-16)17-6-7-17;/h4-5,12,16-17H,3,6-11,13H2,1-2H3,(H2,21,22,23);1H. The zero-order valence-electron chi connectivity index (χ0n) is 15.6. The Bertz CT molecular complexity index is 601. The SMILES string of the molecule is CCNC(=NCc1ccc(Cl)cc1OC)NC1CCN(C2CC2)CC1.I. The first kappa shape index (κ1) is 21.6. The van der Waals surface area contributed by atoms with Gasteiger partial charge in [-0.25, -0.2) is 4.99 Å². The molecule has 5 nitrogen and oxygen atoms in total. The van der Waals surface area contributed by atoms with Gasteiger partial charge in [-0.05, 0) is 44.7 Å². The quantitative estimate of drug-likeness (QED) is 0.362. The highest BCUT2D eigenvalue weighted by Gasteiger charge is 2.31. The second-order valence-corrected chi connectivity index (χ2v) is 7.27. The number of piperidine rings is 1. The molecule has 26 heavy (non-hydrogen) atoms. The molecule has 1 saturated carbocycles. The van der Waals surface area contributed by atoms with Gasteiger partial charge in [-0.3, -0.25) is 0 Å². The Hall–Kier alpha value is -0.730. The number of nitrogens with one attached hydrogen (secondary N) is 2. The summed E-state index contributed by atoms with van der Waals surface area (Å²) in [6.45, 7) is 5.91. The number of halogens is 2. The number of methoxy groups -OCH3 is 1. The fourth-order valence-electron chi connectivity index (χ4n) is 3.38. The summed E-state index contributed by atoms with van der Waals surface area (Å²) in [6.07, 6.45) is 5.16. The zero-order valence-corrected chi connectivity index (χ0v) is 18.7. The number of nitrogens with zero attached hydrogens (tertiary/aromatic N) is 2. The van der Waals surface area contributed by atoms with E-state index in [4.69, 9.17) is 21.3 Å². The average Bonchev–Trinajstić information content (AvgIpc) is 3.46. The summed E-state index contributed by atoms with van der Waals surface area (Å²) in [6, 6.07) is 7.06. The van der Waals surface area contributed by atoms with E-state index in [2.05, 4.69) is 22.5 Å². The van der Waals surface area contributed by atoms with Gasteiger partial charge in [0, 0.05) is 42.3 Å². The van der Waals surface area contributed by atoms with E-state index in [1.54, 1.807) is 7.11 Å². The molecule has 1 aromatic carbocycles. The number of likely N-dealkylation sites (tertiary alicyclic amines) is 1. The Labute approximate surface area is 178 Å². The maximum Gasteiger partial charge on any atom is 0.191 e. The molecular formula is C19H30ClIN4O. The van der Waals surface area contributed by atoms with Crippen molar-refractivity contribution in [2.45, 2.75) is 51.2 Å². The Kier molecular flexibility index (Phi) is 8.76. The number of ether oxygens (including phenoxy) is 1. The molecule has 2 N–H and O–H groups in total. The number of hydrogen-bond acceptors (Lipinski definition) is 3. The Morgan fingerprint density at radius 3 is 2.62 bits per heavy atom. The van der Waals surface area contributed by atoms with E-state index in [-0.39, 0.29) is 24.0 Å². The van der Waals surface area contributed by atoms with Crippen LogP contribution >= 0.6 is 35.6 Å². The molecule has 0 bridgehead atoms. The summed E-state index contributed by atoms with van der Waals surface area (Å²) in [5, 5.41) is 7.63. The number of rotatable bonds is 6. The van der Waals surface area contributed by atoms with Crippen molar-refractivity contribution in [1.82, 2.24) is 15.5 Å². The minimum atomic E-state index is 0. The number of guanidine groups is 1. The summed E-state index contributed by atoms with van der Waals surface area (Å²) in [7, 11) is 1.66. The van der Waals surface area contributed by atoms with Gasteiger partial charge in [0.1, 0.15) is 5.75 Å². The highest BCUT2D eigenvalue weighted by Crippen LogP contribution is 2.29. The van der Waals surface area contributed by atoms with Crippen LogP contribution < -0.4 is 15.4 Å². The molecule has 0 atom stereocenters. The second kappa shape index (κ2) is 10.6. The third kappa shape index (κ3) is 6.16. The van der Waals surface area contributed by atoms with Crippen molar-refractivity contribution >= 4 is 41.5 Å². The molecule has 7 heteroatoms. The van der Waals surface area contributed by atoms with Gasteiger partial charge in [0.05, 0.1) is 13.7 Å². The first-order valence-electron chi connectivity index (χ1n) is 9.31. The lowest BCUT2D eigenvalue weighted by atomic mass is 10.1. The molecule has 0 amide bonds. The predicted molar refractivity (Wildman–Crippen MR) is 119 cm³/mol. The second-order valence-electron chi connectivity index (χ2n) is 6.84. The topological polar surface area (TPSA) is 48.9 Å². The first-order valence-corrected chi connectivity index (χ1v) is 9.68. The van der Waals surface area contributed by atoms with Gasteiger partial charge in [-0.15, -0.1) is 24.0 Å². The summed E-state index contributed by atoms with van der Waals surface area (Å²) >= 11 is 6.03. The zero-order chi connectivity index (χ0) is 17.6. The van der Waals surface area contributed by atoms with E-state index in [0.29, 0.717) is 17.6 Å². The van der Waals surface area contributed by atoms with Crippen LogP contribution in [-0.4, -0.2) is 49.7 Å². The van der Waals surface area contributed by atoms with Crippen molar-refractivity contribution in [1.29, 1.82) is 0 Å². The highest BCUT2D eigenvalue weighted by molar-refractivity contribution is 14.0. The van der Waals surface area contributed by atoms with Crippen LogP contribution in [0.15, 0.2) is 23.2 Å². The van der Waals surface area contributed by atoms with E-state index < -0.39 is 0 Å². The van der Waals surface area contributed by atoms with Crippen molar-refractivity contribution in [2.75, 3.05) is 26.7 Å². The molecule has 146 valence electrons. The molecule has 1 aromatic rings. The monoisotopic (exact) mass is 492 g/mol. The number of aliphatic imine (C=N–C) groups is 1. The molecule has 0 aromatic heterocycles. The lowest BCUT2D eigenvalue weighted by molar-refractivity contribution is 0.197. The van der Waals surface area contributed by atoms with Crippen molar-refractivity contribution in [3.05, 3.63) is 28.8 Å². The van der Waals surface area contributed by atoms with Crippen LogP contribution in [0.3, 0.4) is 0 Å². The maximum absolute atomic E-state index is 6.03. The molecule has 3 rings (SSSR count). The molecule has 2 aliphatic rings. The normalized spacial score (nSPS) is 19.0. The van der Waals surface area contributed by atoms with E-state index >= 15 is 0 Å². The molecule has 1 aliphatic carbocycles. The van der Waals surface area contributed by atoms with Crippen LogP contribution in [0.25, 0.3) is 0 Å². The Morgan fingerprint density at radius 2 is 2.00 bits per heavy atom. The molecule has 2 fully saturated rings. The van der Waals surface area contributed by atoms with Crippen LogP contribution in [0.2, 0.25) is 5.02 Å². The van der Waals surface area contributed by atoms with Crippen LogP contribution in [0.1, 0.15) is 38.2 Å². The van der Waals surface area contributed by atoms with Crippen molar-refractivity contribution in [3.8, 4) is 5.75 Å². The first-order chi connectivity index (χ1) is 12.2. The van der Waals surface area contributed by atoms with Crippen molar-refractivity contribution in [2.24, 2.45) is 4.99 Å². The van der Waals surface area contributed by atoms with Gasteiger partial charge in [0.25, 0.3) is 0 Å². The van der Waals surface area contributed by atoms with Crippen LogP contribution in [0.5, 0.6) is 5.75 Å². The molecule has 1 aliphatic heterocycles. The lowest BCUT2D eigenvalue weighted by Crippen LogP contribution is -2.49. The predicted octanol–water partition coefficient (Wildman–Crippen LogP) is 3.65. The minimum Gasteiger partial charge on any atom is -0.496 e. The lowest BCUT2D eigenvalue weighted by Gasteiger charge is -2.33. The average molecular weight is 493 g/mol. The summed E-state index contributed by atoms with van der Waals surface area (Å²) in [4.78, 5) is 7.38. The van der Waals surface area contributed by atoms with E-state index in [0.717, 1.165) is 29.9 Å². The third-order valence-corrected chi connectivity index (χ3v) is 5.17. The van der Waals surface area contributed by atoms with Crippen molar-refractivity contribution < 1.29 is 4.74 Å². The fraction of sp³-hybridized carbons (Fsp3) is 0.632. The molecule has 1 heterocycles. The number of hydrogen-bond donors (Lipinski definition) is 2. The summed E-state index contributed by atoms with van der Waals surface area (Å²) in [5.74, 6) is 1.66. The Morgan fingerprint density at radius 1 is 1.27 bits per heavy atom. The van der Waals surface area contributed by atoms with Gasteiger partial charge in [-0.1, -0.05) is 17.7 Å². The van der Waals surface area contributed by atoms with Gasteiger partial charge in [0.15, 0.2) is 5.96 Å². The molecular weight excluding hydrogens is 463 g/mol. The molecule has 0 spiro atoms. The van der Waals surface area contributed by atoms with E-state index in [1.165, 1.54) is 38.8 Å². The van der Waals surface area contributed by atoms with Gasteiger partial charge < -0.3 is 20.3 Å². The number of benzene rings is 1. The van der Waals surface area contributed by atoms with E-state index in [9.17, 15) is 0 Å². The van der Waals surface area contributed by atoms with Crippen LogP contribution in [-0.2, 0) is 6.54 Å². The minimum absolute atomic E-state index is 0. The maximum atomic E-state index is 6.03. The highest BCUT2D eigenvalue weighted by atomic mass is 127. The van der Waals surface area contributed by atoms with Crippen molar-refractivity contribution in [3.63, 3.8) is 0 Å². The van der Waals surface area contributed by atoms with E-state index in [1.807, 2.05) is 18.2 Å². The van der Waals surface area contributed by atoms with Gasteiger partial charge >= 0.3 is 0 Å². The van der Waals surface area contributed by atoms with Gasteiger partial charge in [-0.2, -0.15) is 0 Å². The molecule has 1 saturated heterocycles. The smallest absolute Gasteiger partial charge is 0.191 e. The summed E-state index contributed by atoms with van der Waals surface area (Å²) in [5.41, 5.74) is 1.03.